The van der Waals surface area contributed by atoms with Gasteiger partial charge in [0.15, 0.2) is 0 Å². The first-order valence-electron chi connectivity index (χ1n) is 11.5. The van der Waals surface area contributed by atoms with Crippen molar-refractivity contribution in [1.29, 1.82) is 5.26 Å². The van der Waals surface area contributed by atoms with Gasteiger partial charge in [-0.05, 0) is 71.4 Å². The number of rotatable bonds is 7. The Kier molecular flexibility index (Phi) is 7.81. The van der Waals surface area contributed by atoms with Crippen LogP contribution in [0.25, 0.3) is 4.85 Å². The highest BCUT2D eigenvalue weighted by Gasteiger charge is 2.29. The van der Waals surface area contributed by atoms with Gasteiger partial charge >= 0.3 is 5.70 Å². The smallest absolute Gasteiger partial charge is 0.300 e. The van der Waals surface area contributed by atoms with E-state index in [2.05, 4.69) is 51.4 Å². The van der Waals surface area contributed by atoms with Gasteiger partial charge in [-0.15, -0.1) is 0 Å². The molecule has 0 spiro atoms. The topological polar surface area (TPSA) is 41.1 Å². The van der Waals surface area contributed by atoms with Gasteiger partial charge in [-0.3, -0.25) is 4.90 Å². The lowest BCUT2D eigenvalue weighted by Gasteiger charge is -2.40. The van der Waals surface area contributed by atoms with Crippen LogP contribution in [0.2, 0.25) is 0 Å². The maximum Gasteiger partial charge on any atom is 0.300 e. The molecule has 3 heterocycles. The Morgan fingerprint density at radius 2 is 1.66 bits per heavy atom. The summed E-state index contributed by atoms with van der Waals surface area (Å²) in [5.74, 6) is 1.59. The molecule has 0 amide bonds. The zero-order valence-corrected chi connectivity index (χ0v) is 18.6. The van der Waals surface area contributed by atoms with Crippen LogP contribution in [-0.4, -0.2) is 84.5 Å². The molecule has 0 aliphatic carbocycles. The first-order chi connectivity index (χ1) is 14.0. The predicted octanol–water partition coefficient (Wildman–Crippen LogP) is 3.21. The van der Waals surface area contributed by atoms with Gasteiger partial charge in [-0.25, -0.2) is 10.1 Å². The van der Waals surface area contributed by atoms with E-state index in [-0.39, 0.29) is 5.70 Å². The third-order valence-electron chi connectivity index (χ3n) is 7.30. The summed E-state index contributed by atoms with van der Waals surface area (Å²) in [4.78, 5) is 13.2. The van der Waals surface area contributed by atoms with E-state index >= 15 is 0 Å². The van der Waals surface area contributed by atoms with E-state index in [9.17, 15) is 5.26 Å². The van der Waals surface area contributed by atoms with Crippen molar-refractivity contribution in [1.82, 2.24) is 19.6 Å². The zero-order chi connectivity index (χ0) is 20.8. The van der Waals surface area contributed by atoms with Crippen LogP contribution in [-0.2, 0) is 0 Å². The maximum absolute atomic E-state index is 9.58. The second-order valence-corrected chi connectivity index (χ2v) is 9.26. The Morgan fingerprint density at radius 1 is 1.03 bits per heavy atom. The van der Waals surface area contributed by atoms with Gasteiger partial charge in [0.2, 0.25) is 0 Å². The molecule has 6 nitrogen and oxygen atoms in total. The third kappa shape index (κ3) is 5.44. The number of nitriles is 1. The van der Waals surface area contributed by atoms with Crippen molar-refractivity contribution in [2.75, 3.05) is 52.9 Å². The summed E-state index contributed by atoms with van der Waals surface area (Å²) >= 11 is 0. The number of hydrogen-bond acceptors (Lipinski definition) is 5. The van der Waals surface area contributed by atoms with E-state index in [1.807, 2.05) is 0 Å². The van der Waals surface area contributed by atoms with Gasteiger partial charge in [-0.1, -0.05) is 0 Å². The molecule has 3 aliphatic rings. The minimum Gasteiger partial charge on any atom is -0.368 e. The zero-order valence-electron chi connectivity index (χ0n) is 18.6. The molecule has 6 heteroatoms. The Hall–Kier alpha value is -1.76. The highest BCUT2D eigenvalue weighted by Crippen LogP contribution is 2.27. The number of likely N-dealkylation sites (tertiary alicyclic amines) is 3. The molecule has 0 bridgehead atoms. The molecule has 29 heavy (non-hydrogen) atoms. The molecule has 0 aromatic carbocycles. The summed E-state index contributed by atoms with van der Waals surface area (Å²) in [6.45, 7) is 19.6. The number of piperidine rings is 1. The Morgan fingerprint density at radius 3 is 2.17 bits per heavy atom. The molecule has 3 rings (SSSR count). The highest BCUT2D eigenvalue weighted by atomic mass is 15.3. The molecule has 0 N–H and O–H groups in total. The van der Waals surface area contributed by atoms with Crippen LogP contribution in [0.4, 0.5) is 0 Å². The molecular formula is C23H38N6. The van der Waals surface area contributed by atoms with Gasteiger partial charge in [0.05, 0.1) is 12.6 Å². The fourth-order valence-corrected chi connectivity index (χ4v) is 5.33. The van der Waals surface area contributed by atoms with Crippen molar-refractivity contribution in [2.24, 2.45) is 5.92 Å². The van der Waals surface area contributed by atoms with E-state index < -0.39 is 0 Å². The van der Waals surface area contributed by atoms with Gasteiger partial charge in [-0.2, -0.15) is 0 Å². The largest absolute Gasteiger partial charge is 0.368 e. The summed E-state index contributed by atoms with van der Waals surface area (Å²) in [5.41, 5.74) is 0.244. The van der Waals surface area contributed by atoms with Crippen molar-refractivity contribution in [2.45, 2.75) is 64.5 Å². The average molecular weight is 399 g/mol. The van der Waals surface area contributed by atoms with Crippen LogP contribution in [0, 0.1) is 23.8 Å². The summed E-state index contributed by atoms with van der Waals surface area (Å²) < 4.78 is 0. The molecule has 160 valence electrons. The monoisotopic (exact) mass is 398 g/mol. The minimum absolute atomic E-state index is 0.244. The van der Waals surface area contributed by atoms with Crippen LogP contribution >= 0.6 is 0 Å². The van der Waals surface area contributed by atoms with Crippen molar-refractivity contribution >= 4 is 0 Å². The fraction of sp³-hybridized carbons (Fsp3) is 0.826. The van der Waals surface area contributed by atoms with Crippen molar-refractivity contribution in [3.8, 4) is 6.07 Å². The predicted molar refractivity (Wildman–Crippen MR) is 117 cm³/mol. The lowest BCUT2D eigenvalue weighted by Crippen LogP contribution is -2.44. The molecule has 0 aromatic heterocycles. The van der Waals surface area contributed by atoms with E-state index in [1.54, 1.807) is 0 Å². The molecular weight excluding hydrogens is 360 g/mol. The molecule has 0 radical (unpaired) electrons. The molecule has 2 atom stereocenters. The summed E-state index contributed by atoms with van der Waals surface area (Å²) in [6, 6.07) is 3.54. The third-order valence-corrected chi connectivity index (χ3v) is 7.30. The first-order valence-corrected chi connectivity index (χ1v) is 11.5. The minimum atomic E-state index is 0.244. The Labute approximate surface area is 177 Å². The van der Waals surface area contributed by atoms with Crippen molar-refractivity contribution in [3.05, 3.63) is 22.9 Å². The summed E-state index contributed by atoms with van der Waals surface area (Å²) in [6.07, 6.45) is 7.54. The highest BCUT2D eigenvalue weighted by molar-refractivity contribution is 5.32. The van der Waals surface area contributed by atoms with Crippen molar-refractivity contribution < 1.29 is 0 Å². The summed E-state index contributed by atoms with van der Waals surface area (Å²) in [5, 5.41) is 9.58. The van der Waals surface area contributed by atoms with Gasteiger partial charge in [0.25, 0.3) is 0 Å². The summed E-state index contributed by atoms with van der Waals surface area (Å²) in [7, 11) is 2.05. The maximum atomic E-state index is 9.58. The van der Waals surface area contributed by atoms with Gasteiger partial charge in [0.1, 0.15) is 5.82 Å². The molecule has 1 unspecified atom stereocenters. The second-order valence-electron chi connectivity index (χ2n) is 9.26. The fourth-order valence-electron chi connectivity index (χ4n) is 5.33. The second kappa shape index (κ2) is 10.3. The van der Waals surface area contributed by atoms with Crippen LogP contribution in [0.15, 0.2) is 11.5 Å². The molecule has 0 aromatic rings. The van der Waals surface area contributed by atoms with Crippen LogP contribution in [0.3, 0.4) is 0 Å². The van der Waals surface area contributed by atoms with E-state index in [4.69, 9.17) is 6.57 Å². The van der Waals surface area contributed by atoms with Crippen molar-refractivity contribution in [3.63, 3.8) is 0 Å². The molecule has 3 fully saturated rings. The standard InChI is InChI=1S/C23H38N6/c1-19-7-5-11-27(19)16-15-26(4)23(22(17-24)25-3)28-13-9-21(10-14-28)18-29-12-6-8-20(29)2/h19-21H,5-16,18H2,1-2,4H3/b23-22+/t19-,20?/m0/s1. The molecule has 3 aliphatic heterocycles. The molecule has 3 saturated heterocycles. The Bertz CT molecular complexity index is 635. The molecule has 0 saturated carbocycles. The number of allylic oxidation sites excluding steroid dienone is 1. The number of likely N-dealkylation sites (N-methyl/N-ethyl adjacent to an activating group) is 1. The number of nitrogens with zero attached hydrogens (tertiary/aromatic N) is 6. The Balaban J connectivity index is 1.58. The average Bonchev–Trinajstić information content (AvgIpc) is 3.33. The van der Waals surface area contributed by atoms with Crippen LogP contribution in [0.5, 0.6) is 0 Å². The lowest BCUT2D eigenvalue weighted by molar-refractivity contribution is 0.131. The first kappa shape index (κ1) is 21.9. The number of hydrogen-bond donors (Lipinski definition) is 0. The SMILES string of the molecule is [C-]#[N+]/C(C#N)=C(\N(C)CCN1CCC[C@@H]1C)N1CCC(CN2CCCC2C)CC1. The van der Waals surface area contributed by atoms with Gasteiger partial charge in [0, 0.05) is 51.9 Å². The lowest BCUT2D eigenvalue weighted by atomic mass is 9.95. The van der Waals surface area contributed by atoms with E-state index in [0.29, 0.717) is 6.04 Å². The van der Waals surface area contributed by atoms with Crippen LogP contribution < -0.4 is 0 Å². The van der Waals surface area contributed by atoms with E-state index in [0.717, 1.165) is 56.8 Å². The van der Waals surface area contributed by atoms with Gasteiger partial charge < -0.3 is 14.7 Å². The normalized spacial score (nSPS) is 27.6. The van der Waals surface area contributed by atoms with Crippen LogP contribution in [0.1, 0.15) is 52.4 Å². The van der Waals surface area contributed by atoms with E-state index in [1.165, 1.54) is 45.3 Å². The quantitative estimate of drug-likeness (QED) is 0.487.